The Balaban J connectivity index is 2.32. The first-order chi connectivity index (χ1) is 9.90. The van der Waals surface area contributed by atoms with E-state index in [9.17, 15) is 19.7 Å². The lowest BCUT2D eigenvalue weighted by molar-refractivity contribution is -0.384. The van der Waals surface area contributed by atoms with E-state index in [0.717, 1.165) is 0 Å². The molecule has 1 aliphatic heterocycles. The van der Waals surface area contributed by atoms with Crippen molar-refractivity contribution in [3.63, 3.8) is 0 Å². The van der Waals surface area contributed by atoms with E-state index in [1.54, 1.807) is 6.07 Å². The number of hydrogen-bond donors (Lipinski definition) is 4. The van der Waals surface area contributed by atoms with Gasteiger partial charge in [0.25, 0.3) is 11.1 Å². The molecule has 1 aromatic carbocycles. The lowest BCUT2D eigenvalue weighted by Crippen LogP contribution is -2.27. The number of nitrogens with zero attached hydrogens (tertiary/aromatic N) is 1. The van der Waals surface area contributed by atoms with Gasteiger partial charge in [-0.15, -0.1) is 0 Å². The van der Waals surface area contributed by atoms with Gasteiger partial charge in [-0.3, -0.25) is 29.9 Å². The monoisotopic (exact) mass is 417 g/mol. The Morgan fingerprint density at radius 1 is 1.00 bits per heavy atom. The molecule has 1 aromatic heterocycles. The summed E-state index contributed by atoms with van der Waals surface area (Å²) in [5, 5.41) is 20.9. The predicted octanol–water partition coefficient (Wildman–Crippen LogP) is 2.30. The molecule has 3 rings (SSSR count). The minimum absolute atomic E-state index is 0.00484. The molecule has 0 amide bonds. The maximum Gasteiger partial charge on any atom is 0.310 e. The zero-order chi connectivity index (χ0) is 15.3. The van der Waals surface area contributed by atoms with E-state index in [2.05, 4.69) is 52.7 Å². The summed E-state index contributed by atoms with van der Waals surface area (Å²) in [5.74, 6) is 0. The Kier molecular flexibility index (Phi) is 3.10. The fraction of sp³-hybridized carbons (Fsp3) is 0. The van der Waals surface area contributed by atoms with E-state index in [0.29, 0.717) is 10.2 Å². The zero-order valence-corrected chi connectivity index (χ0v) is 13.1. The molecule has 0 radical (unpaired) electrons. The average molecular weight is 419 g/mol. The molecule has 11 heteroatoms. The molecular formula is C10H5Br2N5O4. The van der Waals surface area contributed by atoms with Gasteiger partial charge in [0.1, 0.15) is 21.5 Å². The van der Waals surface area contributed by atoms with Crippen LogP contribution in [0.2, 0.25) is 0 Å². The van der Waals surface area contributed by atoms with Crippen LogP contribution in [0.3, 0.4) is 0 Å². The van der Waals surface area contributed by atoms with E-state index < -0.39 is 16.0 Å². The van der Waals surface area contributed by atoms with Crippen LogP contribution >= 0.6 is 31.9 Å². The van der Waals surface area contributed by atoms with Crippen LogP contribution in [-0.2, 0) is 0 Å². The van der Waals surface area contributed by atoms with E-state index in [-0.39, 0.29) is 27.2 Å². The molecule has 0 fully saturated rings. The molecule has 2 aromatic rings. The van der Waals surface area contributed by atoms with Crippen molar-refractivity contribution in [2.45, 2.75) is 0 Å². The summed E-state index contributed by atoms with van der Waals surface area (Å²) in [7, 11) is 0. The smallest absolute Gasteiger partial charge is 0.310 e. The molecule has 4 N–H and O–H groups in total. The highest BCUT2D eigenvalue weighted by molar-refractivity contribution is 9.13. The van der Waals surface area contributed by atoms with Crippen molar-refractivity contribution in [3.05, 3.63) is 45.8 Å². The Labute approximate surface area is 132 Å². The summed E-state index contributed by atoms with van der Waals surface area (Å²) < 4.78 is 0.664. The molecule has 0 saturated heterocycles. The van der Waals surface area contributed by atoms with Crippen LogP contribution in [0.5, 0.6) is 0 Å². The Hall–Kier alpha value is -2.14. The van der Waals surface area contributed by atoms with E-state index >= 15 is 0 Å². The van der Waals surface area contributed by atoms with Crippen molar-refractivity contribution in [2.75, 3.05) is 10.6 Å². The van der Waals surface area contributed by atoms with Crippen LogP contribution in [0, 0.1) is 10.1 Å². The lowest BCUT2D eigenvalue weighted by atomic mass is 10.1. The third kappa shape index (κ3) is 2.05. The summed E-state index contributed by atoms with van der Waals surface area (Å²) in [6, 6.07) is 1.56. The number of aromatic nitrogens is 2. The van der Waals surface area contributed by atoms with Crippen LogP contribution in [0.15, 0.2) is 24.6 Å². The number of aromatic amines is 2. The van der Waals surface area contributed by atoms with Gasteiger partial charge < -0.3 is 10.6 Å². The number of nitro benzene ring substituents is 1. The zero-order valence-electron chi connectivity index (χ0n) is 9.91. The molecule has 0 unspecified atom stereocenters. The second-order valence-corrected chi connectivity index (χ2v) is 5.76. The van der Waals surface area contributed by atoms with Crippen molar-refractivity contribution in [3.8, 4) is 0 Å². The highest BCUT2D eigenvalue weighted by atomic mass is 79.9. The van der Waals surface area contributed by atoms with Gasteiger partial charge in [0, 0.05) is 4.47 Å². The quantitative estimate of drug-likeness (QED) is 0.354. The lowest BCUT2D eigenvalue weighted by Gasteiger charge is -2.21. The first-order valence-electron chi connectivity index (χ1n) is 5.45. The van der Waals surface area contributed by atoms with E-state index in [4.69, 9.17) is 0 Å². The molecule has 9 nitrogen and oxygen atoms in total. The fourth-order valence-corrected chi connectivity index (χ4v) is 2.85. The Bertz CT molecular complexity index is 904. The third-order valence-corrected chi connectivity index (χ3v) is 4.84. The number of nitrogens with one attached hydrogen (secondary N) is 4. The topological polar surface area (TPSA) is 133 Å². The van der Waals surface area contributed by atoms with Gasteiger partial charge >= 0.3 is 5.69 Å². The maximum absolute atomic E-state index is 11.7. The highest BCUT2D eigenvalue weighted by Crippen LogP contribution is 2.47. The second-order valence-electron chi connectivity index (χ2n) is 4.11. The normalized spacial score (nSPS) is 11.9. The highest BCUT2D eigenvalue weighted by Gasteiger charge is 2.30. The molecule has 21 heavy (non-hydrogen) atoms. The molecule has 108 valence electrons. The minimum Gasteiger partial charge on any atom is -0.347 e. The van der Waals surface area contributed by atoms with Gasteiger partial charge in [-0.05, 0) is 37.9 Å². The Morgan fingerprint density at radius 2 is 1.57 bits per heavy atom. The molecule has 0 atom stereocenters. The Morgan fingerprint density at radius 3 is 2.14 bits per heavy atom. The number of hydrogen-bond acceptors (Lipinski definition) is 6. The van der Waals surface area contributed by atoms with Crippen molar-refractivity contribution in [1.29, 1.82) is 0 Å². The molecule has 0 bridgehead atoms. The van der Waals surface area contributed by atoms with Gasteiger partial charge in [-0.2, -0.15) is 0 Å². The number of H-pyrrole nitrogens is 2. The summed E-state index contributed by atoms with van der Waals surface area (Å²) in [5.41, 5.74) is -1.09. The van der Waals surface area contributed by atoms with Gasteiger partial charge in [-0.25, -0.2) is 0 Å². The average Bonchev–Trinajstić information content (AvgIpc) is 2.43. The molecular weight excluding hydrogens is 414 g/mol. The minimum atomic E-state index is -0.601. The number of benzene rings is 1. The summed E-state index contributed by atoms with van der Waals surface area (Å²) in [4.78, 5) is 34.1. The number of nitro groups is 1. The predicted molar refractivity (Wildman–Crippen MR) is 82.7 cm³/mol. The first-order valence-corrected chi connectivity index (χ1v) is 7.04. The van der Waals surface area contributed by atoms with Crippen LogP contribution in [0.25, 0.3) is 0 Å². The molecule has 0 spiro atoms. The third-order valence-electron chi connectivity index (χ3n) is 2.88. The molecule has 1 aliphatic rings. The standard InChI is InChI=1S/C10H5Br2N5O4/c11-2-1-3-5(8(4(2)12)17(20)21)14-7-6(13-3)9(18)15-16-10(7)19/h1,13-14H,(H,15,18)(H,16,19). The van der Waals surface area contributed by atoms with Crippen LogP contribution in [-0.4, -0.2) is 15.1 Å². The molecule has 0 saturated carbocycles. The van der Waals surface area contributed by atoms with Gasteiger partial charge in [0.2, 0.25) is 0 Å². The van der Waals surface area contributed by atoms with Crippen molar-refractivity contribution in [1.82, 2.24) is 10.2 Å². The van der Waals surface area contributed by atoms with Crippen LogP contribution < -0.4 is 21.8 Å². The van der Waals surface area contributed by atoms with E-state index in [1.165, 1.54) is 0 Å². The number of rotatable bonds is 1. The van der Waals surface area contributed by atoms with Gasteiger partial charge in [0.15, 0.2) is 0 Å². The largest absolute Gasteiger partial charge is 0.347 e. The van der Waals surface area contributed by atoms with Crippen molar-refractivity contribution < 1.29 is 4.92 Å². The van der Waals surface area contributed by atoms with Crippen LogP contribution in [0.4, 0.5) is 28.4 Å². The SMILES string of the molecule is O=c1[nH][nH]c(=O)c2c1Nc1cc(Br)c(Br)c([N+](=O)[O-])c1N2. The van der Waals surface area contributed by atoms with Crippen LogP contribution in [0.1, 0.15) is 0 Å². The number of fused-ring (bicyclic) bond motifs is 2. The van der Waals surface area contributed by atoms with Crippen molar-refractivity contribution in [2.24, 2.45) is 0 Å². The van der Waals surface area contributed by atoms with Gasteiger partial charge in [0.05, 0.1) is 10.6 Å². The summed E-state index contributed by atoms with van der Waals surface area (Å²) in [6.45, 7) is 0. The summed E-state index contributed by atoms with van der Waals surface area (Å²) in [6.07, 6.45) is 0. The second kappa shape index (κ2) is 4.70. The number of halogens is 2. The maximum atomic E-state index is 11.7. The number of anilines is 4. The first kappa shape index (κ1) is 13.8. The molecule has 0 aliphatic carbocycles. The van der Waals surface area contributed by atoms with Gasteiger partial charge in [-0.1, -0.05) is 0 Å². The van der Waals surface area contributed by atoms with Crippen molar-refractivity contribution >= 4 is 60.3 Å². The summed E-state index contributed by atoms with van der Waals surface area (Å²) >= 11 is 6.32. The fourth-order valence-electron chi connectivity index (χ4n) is 1.97. The van der Waals surface area contributed by atoms with E-state index in [1.807, 2.05) is 0 Å². The molecule has 2 heterocycles.